The zero-order valence-electron chi connectivity index (χ0n) is 10.3. The first-order valence-corrected chi connectivity index (χ1v) is 5.58. The molecule has 0 N–H and O–H groups in total. The highest BCUT2D eigenvalue weighted by Gasteiger charge is 2.23. The van der Waals surface area contributed by atoms with Gasteiger partial charge < -0.3 is 4.74 Å². The number of aryl methyl sites for hydroxylation is 2. The smallest absolute Gasteiger partial charge is 0.316 e. The lowest BCUT2D eigenvalue weighted by Gasteiger charge is -2.17. The number of benzene rings is 1. The average molecular weight is 241 g/mol. The lowest BCUT2D eigenvalue weighted by atomic mass is 9.97. The molecule has 0 aliphatic carbocycles. The van der Waals surface area contributed by atoms with Crippen LogP contribution in [0.5, 0.6) is 5.75 Å². The second-order valence-electron chi connectivity index (χ2n) is 5.01. The first kappa shape index (κ1) is 13.0. The van der Waals surface area contributed by atoms with Crippen LogP contribution in [0.4, 0.5) is 0 Å². The van der Waals surface area contributed by atoms with E-state index in [1.54, 1.807) is 12.1 Å². The summed E-state index contributed by atoms with van der Waals surface area (Å²) in [6.07, 6.45) is 0. The minimum atomic E-state index is -0.499. The van der Waals surface area contributed by atoms with Crippen molar-refractivity contribution in [1.82, 2.24) is 0 Å². The van der Waals surface area contributed by atoms with E-state index in [0.29, 0.717) is 5.75 Å². The third kappa shape index (κ3) is 2.99. The largest absolute Gasteiger partial charge is 0.426 e. The van der Waals surface area contributed by atoms with Crippen molar-refractivity contribution in [1.29, 1.82) is 0 Å². The number of rotatable bonds is 1. The van der Waals surface area contributed by atoms with Gasteiger partial charge in [-0.25, -0.2) is 0 Å². The molecule has 0 saturated heterocycles. The van der Waals surface area contributed by atoms with E-state index in [1.807, 2.05) is 34.6 Å². The van der Waals surface area contributed by atoms with Crippen LogP contribution < -0.4 is 4.74 Å². The third-order valence-corrected chi connectivity index (χ3v) is 2.83. The molecular weight excluding hydrogens is 224 g/mol. The standard InChI is InChI=1S/C13H17ClO2/c1-8-6-10(7-9(2)11(8)14)16-12(15)13(3,4)5/h6-7H,1-5H3. The van der Waals surface area contributed by atoms with Gasteiger partial charge in [0.2, 0.25) is 0 Å². The van der Waals surface area contributed by atoms with E-state index in [2.05, 4.69) is 0 Å². The predicted octanol–water partition coefficient (Wildman–Crippen LogP) is 3.91. The number of ether oxygens (including phenoxy) is 1. The lowest BCUT2D eigenvalue weighted by Crippen LogP contribution is -2.25. The molecule has 0 heterocycles. The van der Waals surface area contributed by atoms with Crippen molar-refractivity contribution in [3.05, 3.63) is 28.3 Å². The molecule has 0 bridgehead atoms. The van der Waals surface area contributed by atoms with Crippen LogP contribution in [-0.2, 0) is 4.79 Å². The van der Waals surface area contributed by atoms with E-state index in [1.165, 1.54) is 0 Å². The molecule has 1 aromatic carbocycles. The normalized spacial score (nSPS) is 11.4. The second kappa shape index (κ2) is 4.46. The van der Waals surface area contributed by atoms with Crippen LogP contribution >= 0.6 is 11.6 Å². The number of carbonyl (C=O) groups excluding carboxylic acids is 1. The molecule has 2 nitrogen and oxygen atoms in total. The summed E-state index contributed by atoms with van der Waals surface area (Å²) < 4.78 is 5.30. The molecule has 1 aromatic rings. The van der Waals surface area contributed by atoms with Crippen LogP contribution in [0.2, 0.25) is 5.02 Å². The predicted molar refractivity (Wildman–Crippen MR) is 66.0 cm³/mol. The van der Waals surface area contributed by atoms with E-state index in [0.717, 1.165) is 16.1 Å². The summed E-state index contributed by atoms with van der Waals surface area (Å²) in [5.74, 6) is 0.313. The Balaban J connectivity index is 2.96. The molecule has 0 amide bonds. The molecule has 0 saturated carbocycles. The summed E-state index contributed by atoms with van der Waals surface area (Å²) in [6.45, 7) is 9.26. The summed E-state index contributed by atoms with van der Waals surface area (Å²) in [5, 5.41) is 0.718. The molecule has 0 unspecified atom stereocenters. The fraction of sp³-hybridized carbons (Fsp3) is 0.462. The van der Waals surface area contributed by atoms with Gasteiger partial charge in [0.25, 0.3) is 0 Å². The van der Waals surface area contributed by atoms with E-state index >= 15 is 0 Å². The summed E-state index contributed by atoms with van der Waals surface area (Å²) in [7, 11) is 0. The van der Waals surface area contributed by atoms with Crippen molar-refractivity contribution in [2.75, 3.05) is 0 Å². The number of hydrogen-bond acceptors (Lipinski definition) is 2. The number of halogens is 1. The maximum Gasteiger partial charge on any atom is 0.316 e. The SMILES string of the molecule is Cc1cc(OC(=O)C(C)(C)C)cc(C)c1Cl. The van der Waals surface area contributed by atoms with Gasteiger partial charge in [0, 0.05) is 5.02 Å². The minimum absolute atomic E-state index is 0.242. The zero-order chi connectivity index (χ0) is 12.5. The first-order valence-electron chi connectivity index (χ1n) is 5.21. The van der Waals surface area contributed by atoms with Gasteiger partial charge in [0.1, 0.15) is 5.75 Å². The zero-order valence-corrected chi connectivity index (χ0v) is 11.1. The van der Waals surface area contributed by atoms with Crippen molar-refractivity contribution in [2.45, 2.75) is 34.6 Å². The molecule has 0 spiro atoms. The Bertz CT molecular complexity index is 393. The Morgan fingerprint density at radius 1 is 1.19 bits per heavy atom. The van der Waals surface area contributed by atoms with Crippen LogP contribution in [-0.4, -0.2) is 5.97 Å². The Morgan fingerprint density at radius 3 is 2.00 bits per heavy atom. The van der Waals surface area contributed by atoms with Gasteiger partial charge in [-0.05, 0) is 57.9 Å². The molecule has 3 heteroatoms. The highest BCUT2D eigenvalue weighted by molar-refractivity contribution is 6.32. The Hall–Kier alpha value is -1.02. The van der Waals surface area contributed by atoms with Gasteiger partial charge in [-0.2, -0.15) is 0 Å². The monoisotopic (exact) mass is 240 g/mol. The molecular formula is C13H17ClO2. The summed E-state index contributed by atoms with van der Waals surface area (Å²) in [4.78, 5) is 11.7. The Labute approximate surface area is 102 Å². The average Bonchev–Trinajstić information content (AvgIpc) is 2.12. The van der Waals surface area contributed by atoms with Crippen molar-refractivity contribution >= 4 is 17.6 Å². The lowest BCUT2D eigenvalue weighted by molar-refractivity contribution is -0.142. The van der Waals surface area contributed by atoms with Gasteiger partial charge in [0.15, 0.2) is 0 Å². The molecule has 88 valence electrons. The van der Waals surface area contributed by atoms with Crippen LogP contribution in [0.15, 0.2) is 12.1 Å². The fourth-order valence-electron chi connectivity index (χ4n) is 1.23. The molecule has 0 aliphatic rings. The van der Waals surface area contributed by atoms with E-state index < -0.39 is 5.41 Å². The van der Waals surface area contributed by atoms with Gasteiger partial charge in [-0.3, -0.25) is 4.79 Å². The Kier molecular flexibility index (Phi) is 3.64. The minimum Gasteiger partial charge on any atom is -0.426 e. The topological polar surface area (TPSA) is 26.3 Å². The third-order valence-electron chi connectivity index (χ3n) is 2.23. The highest BCUT2D eigenvalue weighted by atomic mass is 35.5. The van der Waals surface area contributed by atoms with Gasteiger partial charge in [-0.15, -0.1) is 0 Å². The van der Waals surface area contributed by atoms with Crippen LogP contribution in [0, 0.1) is 19.3 Å². The Morgan fingerprint density at radius 2 is 1.62 bits per heavy atom. The van der Waals surface area contributed by atoms with Crippen LogP contribution in [0.25, 0.3) is 0 Å². The van der Waals surface area contributed by atoms with Crippen LogP contribution in [0.3, 0.4) is 0 Å². The molecule has 0 aliphatic heterocycles. The van der Waals surface area contributed by atoms with Crippen LogP contribution in [0.1, 0.15) is 31.9 Å². The summed E-state index contributed by atoms with van der Waals surface area (Å²) in [5.41, 5.74) is 1.33. The fourth-order valence-corrected chi connectivity index (χ4v) is 1.33. The second-order valence-corrected chi connectivity index (χ2v) is 5.39. The van der Waals surface area contributed by atoms with Crippen molar-refractivity contribution in [3.8, 4) is 5.75 Å². The van der Waals surface area contributed by atoms with Crippen molar-refractivity contribution in [3.63, 3.8) is 0 Å². The number of hydrogen-bond donors (Lipinski definition) is 0. The summed E-state index contributed by atoms with van der Waals surface area (Å²) in [6, 6.07) is 3.55. The van der Waals surface area contributed by atoms with Gasteiger partial charge in [-0.1, -0.05) is 11.6 Å². The quantitative estimate of drug-likeness (QED) is 0.550. The van der Waals surface area contributed by atoms with Crippen molar-refractivity contribution < 1.29 is 9.53 Å². The molecule has 16 heavy (non-hydrogen) atoms. The number of carbonyl (C=O) groups is 1. The molecule has 1 rings (SSSR count). The molecule has 0 radical (unpaired) electrons. The van der Waals surface area contributed by atoms with E-state index in [9.17, 15) is 4.79 Å². The van der Waals surface area contributed by atoms with Crippen molar-refractivity contribution in [2.24, 2.45) is 5.41 Å². The highest BCUT2D eigenvalue weighted by Crippen LogP contribution is 2.27. The van der Waals surface area contributed by atoms with E-state index in [4.69, 9.17) is 16.3 Å². The number of esters is 1. The summed E-state index contributed by atoms with van der Waals surface area (Å²) >= 11 is 6.04. The van der Waals surface area contributed by atoms with Gasteiger partial charge >= 0.3 is 5.97 Å². The van der Waals surface area contributed by atoms with E-state index in [-0.39, 0.29) is 5.97 Å². The first-order chi connectivity index (χ1) is 7.21. The molecule has 0 fully saturated rings. The molecule has 0 atom stereocenters. The molecule has 0 aromatic heterocycles. The maximum atomic E-state index is 11.7. The maximum absolute atomic E-state index is 11.7. The van der Waals surface area contributed by atoms with Gasteiger partial charge in [0.05, 0.1) is 5.41 Å².